The van der Waals surface area contributed by atoms with Crippen LogP contribution in [0.4, 0.5) is 5.69 Å². The first-order valence-corrected chi connectivity index (χ1v) is 16.0. The van der Waals surface area contributed by atoms with Gasteiger partial charge in [0.2, 0.25) is 11.8 Å². The Labute approximate surface area is 263 Å². The van der Waals surface area contributed by atoms with Crippen LogP contribution in [-0.4, -0.2) is 75.6 Å². The van der Waals surface area contributed by atoms with E-state index in [0.29, 0.717) is 36.6 Å². The molecule has 4 heterocycles. The molecule has 0 bridgehead atoms. The number of benzene rings is 2. The lowest BCUT2D eigenvalue weighted by molar-refractivity contribution is -0.154. The van der Waals surface area contributed by atoms with Crippen molar-refractivity contribution in [1.82, 2.24) is 9.80 Å². The molecule has 1 unspecified atom stereocenters. The van der Waals surface area contributed by atoms with Crippen LogP contribution in [0.3, 0.4) is 0 Å². The van der Waals surface area contributed by atoms with Gasteiger partial charge in [-0.2, -0.15) is 0 Å². The Morgan fingerprint density at radius 3 is 2.30 bits per heavy atom. The second kappa shape index (κ2) is 11.8. The number of fused-ring (bicyclic) bond motifs is 2. The summed E-state index contributed by atoms with van der Waals surface area (Å²) in [5.74, 6) is -2.68. The topological polar surface area (TPSA) is 90.4 Å². The van der Waals surface area contributed by atoms with Gasteiger partial charge in [-0.15, -0.1) is 0 Å². The molecule has 0 saturated carbocycles. The number of halogens is 1. The molecule has 7 atom stereocenters. The van der Waals surface area contributed by atoms with Gasteiger partial charge < -0.3 is 24.5 Å². The maximum atomic E-state index is 14.9. The molecule has 232 valence electrons. The van der Waals surface area contributed by atoms with Crippen molar-refractivity contribution in [1.29, 1.82) is 0 Å². The number of hydrogen-bond acceptors (Lipinski definition) is 5. The van der Waals surface area contributed by atoms with Gasteiger partial charge in [0, 0.05) is 30.3 Å². The third-order valence-corrected chi connectivity index (χ3v) is 10.4. The molecule has 44 heavy (non-hydrogen) atoms. The van der Waals surface area contributed by atoms with Crippen LogP contribution in [0.15, 0.2) is 78.9 Å². The van der Waals surface area contributed by atoms with Crippen molar-refractivity contribution >= 4 is 35.0 Å². The zero-order chi connectivity index (χ0) is 31.2. The average Bonchev–Trinajstić information content (AvgIpc) is 3.33. The molecule has 9 heteroatoms. The molecule has 0 radical (unpaired) electrons. The lowest BCUT2D eigenvalue weighted by atomic mass is 9.73. The first-order chi connectivity index (χ1) is 21.2. The molecule has 1 N–H and O–H groups in total. The smallest absolute Gasteiger partial charge is 0.253 e. The number of aliphatic hydroxyl groups excluding tert-OH is 1. The average molecular weight is 618 g/mol. The van der Waals surface area contributed by atoms with E-state index in [1.807, 2.05) is 75.4 Å². The summed E-state index contributed by atoms with van der Waals surface area (Å²) in [7, 11) is 0. The van der Waals surface area contributed by atoms with Gasteiger partial charge in [-0.25, -0.2) is 0 Å². The molecule has 0 aromatic heterocycles. The van der Waals surface area contributed by atoms with E-state index in [-0.39, 0.29) is 36.8 Å². The van der Waals surface area contributed by atoms with Crippen LogP contribution < -0.4 is 4.90 Å². The highest BCUT2D eigenvalue weighted by Gasteiger charge is 2.76. The second-order valence-corrected chi connectivity index (χ2v) is 12.9. The van der Waals surface area contributed by atoms with Crippen molar-refractivity contribution in [2.75, 3.05) is 24.6 Å². The van der Waals surface area contributed by atoms with Gasteiger partial charge in [0.1, 0.15) is 11.6 Å². The monoisotopic (exact) mass is 617 g/mol. The number of rotatable bonds is 8. The molecule has 6 rings (SSSR count). The van der Waals surface area contributed by atoms with Gasteiger partial charge in [0.25, 0.3) is 5.91 Å². The van der Waals surface area contributed by atoms with Crippen LogP contribution in [0, 0.1) is 17.8 Å². The van der Waals surface area contributed by atoms with Crippen LogP contribution >= 0.6 is 11.6 Å². The zero-order valence-electron chi connectivity index (χ0n) is 25.4. The van der Waals surface area contributed by atoms with E-state index in [2.05, 4.69) is 0 Å². The van der Waals surface area contributed by atoms with Gasteiger partial charge in [-0.3, -0.25) is 14.4 Å². The molecule has 2 fully saturated rings. The van der Waals surface area contributed by atoms with Gasteiger partial charge in [0.05, 0.1) is 30.1 Å². The zero-order valence-corrected chi connectivity index (χ0v) is 26.2. The van der Waals surface area contributed by atoms with Crippen molar-refractivity contribution in [3.05, 3.63) is 89.5 Å². The van der Waals surface area contributed by atoms with Crippen molar-refractivity contribution < 1.29 is 24.2 Å². The molecule has 2 aromatic rings. The number of aliphatic hydroxyl groups is 1. The number of hydrogen-bond donors (Lipinski definition) is 1. The molecule has 4 aliphatic rings. The molecular formula is C35H40ClN3O5. The Morgan fingerprint density at radius 2 is 1.64 bits per heavy atom. The molecular weight excluding hydrogens is 578 g/mol. The van der Waals surface area contributed by atoms with Crippen molar-refractivity contribution in [3.8, 4) is 0 Å². The molecule has 2 saturated heterocycles. The number of ether oxygens (including phenoxy) is 1. The van der Waals surface area contributed by atoms with E-state index in [1.165, 1.54) is 0 Å². The fourth-order valence-electron chi connectivity index (χ4n) is 7.72. The Bertz CT molecular complexity index is 1480. The highest BCUT2D eigenvalue weighted by Crippen LogP contribution is 2.59. The SMILES string of the molecule is CC[C@H](C)[C@H](CO)N1C(=O)[C@@H]2[C@@H]3C(=O)N(Cc4ccccc4)CC=C[C@]3(CC)O[C@@]23C=CCN(c2ccc(Cl)cc2)C(=O)C13. The normalized spacial score (nSPS) is 31.0. The van der Waals surface area contributed by atoms with Crippen LogP contribution in [-0.2, 0) is 25.7 Å². The van der Waals surface area contributed by atoms with Crippen LogP contribution in [0.2, 0.25) is 5.02 Å². The third-order valence-electron chi connectivity index (χ3n) is 10.2. The number of likely N-dealkylation sites (tertiary alicyclic amines) is 1. The Hall–Kier alpha value is -3.46. The fraction of sp³-hybridized carbons (Fsp3) is 0.457. The predicted octanol–water partition coefficient (Wildman–Crippen LogP) is 4.61. The summed E-state index contributed by atoms with van der Waals surface area (Å²) < 4.78 is 7.10. The van der Waals surface area contributed by atoms with E-state index in [4.69, 9.17) is 16.3 Å². The van der Waals surface area contributed by atoms with Gasteiger partial charge >= 0.3 is 0 Å². The van der Waals surface area contributed by atoms with Gasteiger partial charge in [0.15, 0.2) is 0 Å². The third kappa shape index (κ3) is 4.70. The molecule has 8 nitrogen and oxygen atoms in total. The standard InChI is InChI=1S/C35H40ClN3O5/c1-4-23(3)27(22-40)39-30-33(43)38(26-15-13-25(36)14-16-26)20-10-18-35(30)29(32(39)42)28-31(41)37(21-24-11-7-6-8-12-24)19-9-17-34(28,5-2)44-35/h6-18,23,27-30,40H,4-5,19-22H2,1-3H3/t23-,27-,28+,29-,30?,34-,35-/m0/s1. The summed E-state index contributed by atoms with van der Waals surface area (Å²) in [5.41, 5.74) is -0.835. The van der Waals surface area contributed by atoms with Crippen LogP contribution in [0.25, 0.3) is 0 Å². The molecule has 1 spiro atoms. The summed E-state index contributed by atoms with van der Waals surface area (Å²) in [4.78, 5) is 49.2. The summed E-state index contributed by atoms with van der Waals surface area (Å²) in [5, 5.41) is 11.2. The molecule has 3 amide bonds. The predicted molar refractivity (Wildman–Crippen MR) is 169 cm³/mol. The Balaban J connectivity index is 1.49. The van der Waals surface area contributed by atoms with Gasteiger partial charge in [-0.05, 0) is 42.2 Å². The number of carbonyl (C=O) groups is 3. The molecule has 2 aromatic carbocycles. The minimum absolute atomic E-state index is 0.0981. The summed E-state index contributed by atoms with van der Waals surface area (Å²) in [6.07, 6.45) is 8.78. The maximum Gasteiger partial charge on any atom is 0.253 e. The van der Waals surface area contributed by atoms with E-state index < -0.39 is 35.1 Å². The quantitative estimate of drug-likeness (QED) is 0.437. The largest absolute Gasteiger partial charge is 0.394 e. The number of amides is 3. The molecule has 4 aliphatic heterocycles. The number of carbonyl (C=O) groups excluding carboxylic acids is 3. The minimum Gasteiger partial charge on any atom is -0.394 e. The van der Waals surface area contributed by atoms with E-state index in [1.54, 1.807) is 39.0 Å². The first-order valence-electron chi connectivity index (χ1n) is 15.6. The van der Waals surface area contributed by atoms with Crippen LogP contribution in [0.1, 0.15) is 39.2 Å². The van der Waals surface area contributed by atoms with Crippen molar-refractivity contribution in [2.24, 2.45) is 17.8 Å². The summed E-state index contributed by atoms with van der Waals surface area (Å²) >= 11 is 6.16. The van der Waals surface area contributed by atoms with E-state index >= 15 is 0 Å². The summed E-state index contributed by atoms with van der Waals surface area (Å²) in [6.45, 7) is 6.67. The summed E-state index contributed by atoms with van der Waals surface area (Å²) in [6, 6.07) is 15.1. The van der Waals surface area contributed by atoms with Gasteiger partial charge in [-0.1, -0.05) is 93.4 Å². The minimum atomic E-state index is -1.40. The van der Waals surface area contributed by atoms with Crippen molar-refractivity contribution in [3.63, 3.8) is 0 Å². The fourth-order valence-corrected chi connectivity index (χ4v) is 7.85. The van der Waals surface area contributed by atoms with Crippen molar-refractivity contribution in [2.45, 2.75) is 63.4 Å². The molecule has 0 aliphatic carbocycles. The highest BCUT2D eigenvalue weighted by atomic mass is 35.5. The lowest BCUT2D eigenvalue weighted by Crippen LogP contribution is -2.60. The van der Waals surface area contributed by atoms with E-state index in [0.717, 1.165) is 5.56 Å². The number of anilines is 1. The number of nitrogens with zero attached hydrogens (tertiary/aromatic N) is 3. The van der Waals surface area contributed by atoms with Crippen LogP contribution in [0.5, 0.6) is 0 Å². The Kier molecular flexibility index (Phi) is 8.20. The highest BCUT2D eigenvalue weighted by molar-refractivity contribution is 6.30. The maximum absolute atomic E-state index is 14.9. The van der Waals surface area contributed by atoms with E-state index in [9.17, 15) is 19.5 Å². The lowest BCUT2D eigenvalue weighted by Gasteiger charge is -2.42. The second-order valence-electron chi connectivity index (χ2n) is 12.4. The Morgan fingerprint density at radius 1 is 0.932 bits per heavy atom. The first kappa shape index (κ1) is 30.6.